The molecule has 0 heterocycles. The van der Waals surface area contributed by atoms with Crippen molar-refractivity contribution in [3.63, 3.8) is 0 Å². The number of esters is 3. The smallest absolute Gasteiger partial charge is 0.343 e. The Morgan fingerprint density at radius 3 is 1.78 bits per heavy atom. The molecule has 3 aromatic rings. The van der Waals surface area contributed by atoms with Gasteiger partial charge in [-0.3, -0.25) is 4.79 Å². The maximum atomic E-state index is 12.7. The molecule has 0 atom stereocenters. The van der Waals surface area contributed by atoms with E-state index in [4.69, 9.17) is 28.4 Å². The Bertz CT molecular complexity index is 1490. The van der Waals surface area contributed by atoms with E-state index in [0.717, 1.165) is 6.08 Å². The lowest BCUT2D eigenvalue weighted by Crippen LogP contribution is -2.11. The maximum Gasteiger partial charge on any atom is 0.343 e. The fraction of sp³-hybridized carbons (Fsp3) is 0.257. The molecule has 0 amide bonds. The third-order valence-corrected chi connectivity index (χ3v) is 6.18. The van der Waals surface area contributed by atoms with Crippen LogP contribution < -0.4 is 18.9 Å². The molecule has 0 aliphatic carbocycles. The third-order valence-electron chi connectivity index (χ3n) is 6.18. The van der Waals surface area contributed by atoms with Gasteiger partial charge in [0.05, 0.1) is 44.2 Å². The SMILES string of the molecule is C=CC(=O)OCCCOc1ccc(C(=O)Oc2ccc(OC(=O)c3ccc(OCCCOCC(=C)C(C)=O)cc3)c(C)c2)cc1. The van der Waals surface area contributed by atoms with Gasteiger partial charge in [0.15, 0.2) is 5.78 Å². The summed E-state index contributed by atoms with van der Waals surface area (Å²) in [6, 6.07) is 17.7. The highest BCUT2D eigenvalue weighted by molar-refractivity contribution is 5.93. The first kappa shape index (κ1) is 34.3. The molecule has 3 aromatic carbocycles. The van der Waals surface area contributed by atoms with E-state index in [1.165, 1.54) is 6.92 Å². The number of Topliss-reactive ketones (excluding diaryl/α,β-unsaturated/α-hetero) is 1. The Morgan fingerprint density at radius 1 is 0.711 bits per heavy atom. The molecule has 0 aliphatic heterocycles. The van der Waals surface area contributed by atoms with Crippen LogP contribution in [0.5, 0.6) is 23.0 Å². The summed E-state index contributed by atoms with van der Waals surface area (Å²) in [5.74, 6) is 0.0856. The number of hydrogen-bond acceptors (Lipinski definition) is 10. The molecule has 10 nitrogen and oxygen atoms in total. The van der Waals surface area contributed by atoms with Crippen molar-refractivity contribution in [2.45, 2.75) is 26.7 Å². The van der Waals surface area contributed by atoms with Gasteiger partial charge >= 0.3 is 17.9 Å². The van der Waals surface area contributed by atoms with E-state index in [-0.39, 0.29) is 19.0 Å². The maximum absolute atomic E-state index is 12.7. The third kappa shape index (κ3) is 11.8. The predicted octanol–water partition coefficient (Wildman–Crippen LogP) is 5.86. The molecule has 0 radical (unpaired) electrons. The van der Waals surface area contributed by atoms with Gasteiger partial charge in [0, 0.05) is 24.5 Å². The van der Waals surface area contributed by atoms with Gasteiger partial charge in [0.1, 0.15) is 23.0 Å². The number of carbonyl (C=O) groups is 4. The standard InChI is InChI=1S/C35H36O10/c1-5-33(37)43-21-7-20-42-30-12-8-27(9-13-30)34(38)44-31-16-17-32(24(2)22-31)45-35(39)28-10-14-29(15-11-28)41-19-6-18-40-23-25(3)26(4)36/h5,8-17,22H,1,3,6-7,18-21,23H2,2,4H3. The lowest BCUT2D eigenvalue weighted by molar-refractivity contribution is -0.138. The zero-order chi connectivity index (χ0) is 32.6. The molecular formula is C35H36O10. The number of carbonyl (C=O) groups excluding carboxylic acids is 4. The summed E-state index contributed by atoms with van der Waals surface area (Å²) in [5, 5.41) is 0. The number of rotatable bonds is 18. The normalized spacial score (nSPS) is 10.4. The van der Waals surface area contributed by atoms with Crippen molar-refractivity contribution < 1.29 is 47.6 Å². The molecule has 236 valence electrons. The summed E-state index contributed by atoms with van der Waals surface area (Å²) in [7, 11) is 0. The van der Waals surface area contributed by atoms with Crippen LogP contribution in [0.1, 0.15) is 46.0 Å². The first-order valence-corrected chi connectivity index (χ1v) is 14.2. The molecule has 0 saturated carbocycles. The number of benzene rings is 3. The molecule has 45 heavy (non-hydrogen) atoms. The highest BCUT2D eigenvalue weighted by atomic mass is 16.5. The topological polar surface area (TPSA) is 124 Å². The van der Waals surface area contributed by atoms with Gasteiger partial charge in [-0.2, -0.15) is 0 Å². The number of hydrogen-bond donors (Lipinski definition) is 0. The Labute approximate surface area is 262 Å². The quantitative estimate of drug-likeness (QED) is 0.0743. The second-order valence-electron chi connectivity index (χ2n) is 9.74. The first-order chi connectivity index (χ1) is 21.7. The van der Waals surface area contributed by atoms with Crippen LogP contribution in [0.25, 0.3) is 0 Å². The lowest BCUT2D eigenvalue weighted by Gasteiger charge is -2.11. The highest BCUT2D eigenvalue weighted by Gasteiger charge is 2.14. The predicted molar refractivity (Wildman–Crippen MR) is 166 cm³/mol. The summed E-state index contributed by atoms with van der Waals surface area (Å²) < 4.78 is 32.5. The molecular weight excluding hydrogens is 580 g/mol. The summed E-state index contributed by atoms with van der Waals surface area (Å²) in [4.78, 5) is 47.5. The lowest BCUT2D eigenvalue weighted by atomic mass is 10.2. The van der Waals surface area contributed by atoms with Crippen molar-refractivity contribution in [1.29, 1.82) is 0 Å². The fourth-order valence-corrected chi connectivity index (χ4v) is 3.63. The van der Waals surface area contributed by atoms with Gasteiger partial charge in [0.2, 0.25) is 0 Å². The van der Waals surface area contributed by atoms with E-state index in [1.54, 1.807) is 73.7 Å². The van der Waals surface area contributed by atoms with E-state index in [9.17, 15) is 19.2 Å². The average Bonchev–Trinajstić information content (AvgIpc) is 3.04. The molecule has 10 heteroatoms. The van der Waals surface area contributed by atoms with Crippen LogP contribution in [0.2, 0.25) is 0 Å². The second kappa shape index (κ2) is 17.8. The minimum Gasteiger partial charge on any atom is -0.494 e. The van der Waals surface area contributed by atoms with Crippen molar-refractivity contribution in [2.24, 2.45) is 0 Å². The number of ketones is 1. The van der Waals surface area contributed by atoms with Gasteiger partial charge in [-0.15, -0.1) is 0 Å². The minimum atomic E-state index is -0.559. The van der Waals surface area contributed by atoms with E-state index < -0.39 is 17.9 Å². The summed E-state index contributed by atoms with van der Waals surface area (Å²) in [6.07, 6.45) is 2.23. The fourth-order valence-electron chi connectivity index (χ4n) is 3.63. The monoisotopic (exact) mass is 616 g/mol. The van der Waals surface area contributed by atoms with E-state index in [2.05, 4.69) is 13.2 Å². The van der Waals surface area contributed by atoms with E-state index >= 15 is 0 Å². The van der Waals surface area contributed by atoms with Crippen molar-refractivity contribution in [1.82, 2.24) is 0 Å². The molecule has 0 saturated heterocycles. The van der Waals surface area contributed by atoms with Gasteiger partial charge in [-0.05, 0) is 86.1 Å². The minimum absolute atomic E-state index is 0.0931. The van der Waals surface area contributed by atoms with Gasteiger partial charge in [-0.1, -0.05) is 13.2 Å². The number of ether oxygens (including phenoxy) is 6. The van der Waals surface area contributed by atoms with Crippen molar-refractivity contribution in [3.8, 4) is 23.0 Å². The molecule has 0 bridgehead atoms. The summed E-state index contributed by atoms with van der Waals surface area (Å²) in [5.41, 5.74) is 1.70. The molecule has 0 aromatic heterocycles. The van der Waals surface area contributed by atoms with Crippen LogP contribution in [0, 0.1) is 6.92 Å². The van der Waals surface area contributed by atoms with Gasteiger partial charge in [-0.25, -0.2) is 14.4 Å². The van der Waals surface area contributed by atoms with Gasteiger partial charge in [0.25, 0.3) is 0 Å². The Hall–Kier alpha value is -5.22. The molecule has 0 fully saturated rings. The first-order valence-electron chi connectivity index (χ1n) is 14.2. The van der Waals surface area contributed by atoms with Crippen molar-refractivity contribution in [3.05, 3.63) is 108 Å². The molecule has 0 spiro atoms. The average molecular weight is 617 g/mol. The van der Waals surface area contributed by atoms with E-state index in [0.29, 0.717) is 77.9 Å². The molecule has 0 N–H and O–H groups in total. The Balaban J connectivity index is 1.42. The largest absolute Gasteiger partial charge is 0.494 e. The van der Waals surface area contributed by atoms with Crippen LogP contribution >= 0.6 is 0 Å². The Morgan fingerprint density at radius 2 is 1.24 bits per heavy atom. The Kier molecular flexibility index (Phi) is 13.5. The summed E-state index contributed by atoms with van der Waals surface area (Å²) in [6.45, 7) is 11.7. The van der Waals surface area contributed by atoms with Crippen LogP contribution in [0.3, 0.4) is 0 Å². The zero-order valence-corrected chi connectivity index (χ0v) is 25.4. The van der Waals surface area contributed by atoms with Crippen LogP contribution in [-0.2, 0) is 19.1 Å². The molecule has 3 rings (SSSR count). The van der Waals surface area contributed by atoms with Gasteiger partial charge < -0.3 is 28.4 Å². The molecule has 0 unspecified atom stereocenters. The summed E-state index contributed by atoms with van der Waals surface area (Å²) >= 11 is 0. The highest BCUT2D eigenvalue weighted by Crippen LogP contribution is 2.26. The second-order valence-corrected chi connectivity index (χ2v) is 9.74. The zero-order valence-electron chi connectivity index (χ0n) is 25.4. The van der Waals surface area contributed by atoms with E-state index in [1.807, 2.05) is 0 Å². The molecule has 0 aliphatic rings. The van der Waals surface area contributed by atoms with Crippen molar-refractivity contribution in [2.75, 3.05) is 33.0 Å². The number of aryl methyl sites for hydroxylation is 1. The van der Waals surface area contributed by atoms with Crippen LogP contribution in [-0.4, -0.2) is 56.7 Å². The van der Waals surface area contributed by atoms with Crippen LogP contribution in [0.15, 0.2) is 91.5 Å². The van der Waals surface area contributed by atoms with Crippen molar-refractivity contribution >= 4 is 23.7 Å². The van der Waals surface area contributed by atoms with Crippen LogP contribution in [0.4, 0.5) is 0 Å².